The first kappa shape index (κ1) is 17.7. The average molecular weight is 354 g/mol. The summed E-state index contributed by atoms with van der Waals surface area (Å²) in [4.78, 5) is 24.6. The van der Waals surface area contributed by atoms with Gasteiger partial charge in [-0.2, -0.15) is 0 Å². The number of carbonyl (C=O) groups excluding carboxylic acids is 1. The minimum absolute atomic E-state index is 0.0322. The van der Waals surface area contributed by atoms with Gasteiger partial charge in [-0.25, -0.2) is 4.39 Å². The van der Waals surface area contributed by atoms with Gasteiger partial charge in [0.15, 0.2) is 0 Å². The smallest absolute Gasteiger partial charge is 0.251 e. The second-order valence-electron chi connectivity index (χ2n) is 5.95. The van der Waals surface area contributed by atoms with Crippen molar-refractivity contribution in [2.24, 2.45) is 0 Å². The number of nitrogens with zero attached hydrogens (tertiary/aromatic N) is 1. The molecule has 0 unspecified atom stereocenters. The van der Waals surface area contributed by atoms with Gasteiger partial charge in [0.25, 0.3) is 5.56 Å². The number of para-hydroxylation sites is 2. The highest BCUT2D eigenvalue weighted by Gasteiger charge is 2.13. The van der Waals surface area contributed by atoms with Gasteiger partial charge in [0, 0.05) is 24.4 Å². The van der Waals surface area contributed by atoms with Crippen LogP contribution in [0.25, 0.3) is 10.9 Å². The van der Waals surface area contributed by atoms with Gasteiger partial charge < -0.3 is 14.6 Å². The van der Waals surface area contributed by atoms with Gasteiger partial charge in [-0.3, -0.25) is 9.59 Å². The number of aryl methyl sites for hydroxylation is 2. The quantitative estimate of drug-likeness (QED) is 0.763. The van der Waals surface area contributed by atoms with Crippen molar-refractivity contribution >= 4 is 22.5 Å². The van der Waals surface area contributed by atoms with Crippen LogP contribution >= 0.6 is 0 Å². The van der Waals surface area contributed by atoms with Gasteiger partial charge in [-0.15, -0.1) is 0 Å². The molecule has 1 amide bonds. The van der Waals surface area contributed by atoms with Crippen LogP contribution < -0.4 is 15.6 Å². The van der Waals surface area contributed by atoms with E-state index >= 15 is 0 Å². The van der Waals surface area contributed by atoms with Gasteiger partial charge in [-0.1, -0.05) is 24.3 Å². The Labute approximate surface area is 150 Å². The van der Waals surface area contributed by atoms with Crippen LogP contribution in [-0.4, -0.2) is 17.6 Å². The molecule has 0 saturated heterocycles. The van der Waals surface area contributed by atoms with Crippen molar-refractivity contribution in [3.8, 4) is 5.75 Å². The van der Waals surface area contributed by atoms with Crippen molar-refractivity contribution < 1.29 is 13.9 Å². The molecule has 0 atom stereocenters. The second kappa shape index (κ2) is 7.39. The highest BCUT2D eigenvalue weighted by Crippen LogP contribution is 2.26. The summed E-state index contributed by atoms with van der Waals surface area (Å²) in [5.74, 6) is -0.302. The number of pyridine rings is 1. The predicted molar refractivity (Wildman–Crippen MR) is 99.1 cm³/mol. The summed E-state index contributed by atoms with van der Waals surface area (Å²) >= 11 is 0. The van der Waals surface area contributed by atoms with Crippen LogP contribution in [0.4, 0.5) is 10.1 Å². The fraction of sp³-hybridized carbons (Fsp3) is 0.200. The van der Waals surface area contributed by atoms with Crippen LogP contribution in [-0.2, 0) is 11.3 Å². The number of carbonyl (C=O) groups is 1. The first-order valence-corrected chi connectivity index (χ1v) is 8.23. The summed E-state index contributed by atoms with van der Waals surface area (Å²) in [6.07, 6.45) is 0.0322. The molecule has 0 fully saturated rings. The molecule has 0 spiro atoms. The number of methoxy groups -OCH3 is 1. The average Bonchev–Trinajstić information content (AvgIpc) is 2.63. The molecule has 2 aromatic carbocycles. The third-order valence-corrected chi connectivity index (χ3v) is 4.23. The number of hydrogen-bond acceptors (Lipinski definition) is 3. The van der Waals surface area contributed by atoms with Gasteiger partial charge in [-0.05, 0) is 30.7 Å². The van der Waals surface area contributed by atoms with Gasteiger partial charge >= 0.3 is 0 Å². The largest absolute Gasteiger partial charge is 0.495 e. The first-order valence-electron chi connectivity index (χ1n) is 8.23. The van der Waals surface area contributed by atoms with Crippen molar-refractivity contribution in [1.29, 1.82) is 0 Å². The van der Waals surface area contributed by atoms with Crippen LogP contribution in [0.15, 0.2) is 53.3 Å². The lowest BCUT2D eigenvalue weighted by atomic mass is 10.1. The van der Waals surface area contributed by atoms with E-state index in [1.165, 1.54) is 29.9 Å². The van der Waals surface area contributed by atoms with Crippen LogP contribution in [0.1, 0.15) is 12.0 Å². The highest BCUT2D eigenvalue weighted by molar-refractivity contribution is 5.91. The molecule has 0 radical (unpaired) electrons. The van der Waals surface area contributed by atoms with E-state index in [4.69, 9.17) is 4.74 Å². The minimum Gasteiger partial charge on any atom is -0.495 e. The van der Waals surface area contributed by atoms with E-state index in [0.717, 1.165) is 10.9 Å². The maximum atomic E-state index is 13.6. The van der Waals surface area contributed by atoms with Crippen molar-refractivity contribution in [3.05, 3.63) is 70.3 Å². The van der Waals surface area contributed by atoms with Crippen LogP contribution in [0.3, 0.4) is 0 Å². The maximum Gasteiger partial charge on any atom is 0.251 e. The molecule has 5 nitrogen and oxygen atoms in total. The number of benzene rings is 2. The lowest BCUT2D eigenvalue weighted by Gasteiger charge is -2.15. The number of fused-ring (bicyclic) bond motifs is 1. The summed E-state index contributed by atoms with van der Waals surface area (Å²) in [5.41, 5.74) is 1.41. The van der Waals surface area contributed by atoms with Crippen LogP contribution in [0.5, 0.6) is 5.75 Å². The molecule has 134 valence electrons. The van der Waals surface area contributed by atoms with E-state index in [9.17, 15) is 14.0 Å². The lowest BCUT2D eigenvalue weighted by molar-refractivity contribution is -0.116. The second-order valence-corrected chi connectivity index (χ2v) is 5.95. The third-order valence-electron chi connectivity index (χ3n) is 4.23. The van der Waals surface area contributed by atoms with Crippen molar-refractivity contribution in [2.75, 3.05) is 12.4 Å². The van der Waals surface area contributed by atoms with E-state index in [-0.39, 0.29) is 30.1 Å². The Bertz CT molecular complexity index is 1030. The van der Waals surface area contributed by atoms with E-state index < -0.39 is 5.82 Å². The fourth-order valence-corrected chi connectivity index (χ4v) is 2.95. The Morgan fingerprint density at radius 3 is 2.69 bits per heavy atom. The molecule has 0 aliphatic rings. The number of hydrogen-bond donors (Lipinski definition) is 1. The Kier molecular flexibility index (Phi) is 5.02. The SMILES string of the molecule is COc1cccc2c(C)cc(=O)n(CCC(=O)Nc3ccccc3F)c12. The normalized spacial score (nSPS) is 10.7. The molecule has 0 bridgehead atoms. The predicted octanol–water partition coefficient (Wildman–Crippen LogP) is 3.49. The Balaban J connectivity index is 1.88. The molecular weight excluding hydrogens is 335 g/mol. The summed E-state index contributed by atoms with van der Waals surface area (Å²) in [5, 5.41) is 3.41. The molecule has 6 heteroatoms. The Morgan fingerprint density at radius 1 is 1.19 bits per heavy atom. The van der Waals surface area contributed by atoms with E-state index in [1.807, 2.05) is 19.1 Å². The van der Waals surface area contributed by atoms with Gasteiger partial charge in [0.2, 0.25) is 5.91 Å². The number of nitrogens with one attached hydrogen (secondary N) is 1. The summed E-state index contributed by atoms with van der Waals surface area (Å²) < 4.78 is 20.5. The third kappa shape index (κ3) is 3.44. The molecular formula is C20H19FN2O3. The summed E-state index contributed by atoms with van der Waals surface area (Å²) in [6.45, 7) is 2.02. The van der Waals surface area contributed by atoms with E-state index in [1.54, 1.807) is 18.2 Å². The molecule has 1 N–H and O–H groups in total. The number of rotatable bonds is 5. The van der Waals surface area contributed by atoms with Crippen LogP contribution in [0.2, 0.25) is 0 Å². The van der Waals surface area contributed by atoms with Gasteiger partial charge in [0.05, 0.1) is 18.3 Å². The zero-order valence-electron chi connectivity index (χ0n) is 14.6. The highest BCUT2D eigenvalue weighted by atomic mass is 19.1. The van der Waals surface area contributed by atoms with Crippen molar-refractivity contribution in [2.45, 2.75) is 19.9 Å². The molecule has 0 aliphatic heterocycles. The van der Waals surface area contributed by atoms with Crippen molar-refractivity contribution in [1.82, 2.24) is 4.57 Å². The summed E-state index contributed by atoms with van der Waals surface area (Å²) in [6, 6.07) is 13.0. The van der Waals surface area contributed by atoms with E-state index in [0.29, 0.717) is 11.3 Å². The molecule has 1 heterocycles. The fourth-order valence-electron chi connectivity index (χ4n) is 2.95. The number of aromatic nitrogens is 1. The Morgan fingerprint density at radius 2 is 1.96 bits per heavy atom. The number of anilines is 1. The standard InChI is InChI=1S/C20H19FN2O3/c1-13-12-19(25)23(20-14(13)6-5-9-17(20)26-2)11-10-18(24)22-16-8-4-3-7-15(16)21/h3-9,12H,10-11H2,1-2H3,(H,22,24). The zero-order valence-corrected chi connectivity index (χ0v) is 14.6. The number of halogens is 1. The molecule has 0 saturated carbocycles. The molecule has 3 rings (SSSR count). The first-order chi connectivity index (χ1) is 12.5. The lowest BCUT2D eigenvalue weighted by Crippen LogP contribution is -2.24. The minimum atomic E-state index is -0.500. The molecule has 26 heavy (non-hydrogen) atoms. The maximum absolute atomic E-state index is 13.6. The molecule has 3 aromatic rings. The topological polar surface area (TPSA) is 60.3 Å². The van der Waals surface area contributed by atoms with Crippen LogP contribution in [0, 0.1) is 12.7 Å². The number of amides is 1. The monoisotopic (exact) mass is 354 g/mol. The van der Waals surface area contributed by atoms with E-state index in [2.05, 4.69) is 5.32 Å². The zero-order chi connectivity index (χ0) is 18.7. The molecule has 1 aromatic heterocycles. The van der Waals surface area contributed by atoms with Crippen molar-refractivity contribution in [3.63, 3.8) is 0 Å². The molecule has 0 aliphatic carbocycles. The summed E-state index contributed by atoms with van der Waals surface area (Å²) in [7, 11) is 1.54. The van der Waals surface area contributed by atoms with Gasteiger partial charge in [0.1, 0.15) is 11.6 Å². The Hall–Kier alpha value is -3.15. The number of ether oxygens (including phenoxy) is 1.